The molecule has 1 atom stereocenters. The van der Waals surface area contributed by atoms with Crippen LogP contribution in [0.2, 0.25) is 0 Å². The summed E-state index contributed by atoms with van der Waals surface area (Å²) in [6.07, 6.45) is 8.25. The lowest BCUT2D eigenvalue weighted by atomic mass is 9.48. The van der Waals surface area contributed by atoms with E-state index in [-0.39, 0.29) is 0 Å². The summed E-state index contributed by atoms with van der Waals surface area (Å²) in [5.41, 5.74) is 2.29. The van der Waals surface area contributed by atoms with Gasteiger partial charge in [0.05, 0.1) is 17.7 Å². The largest absolute Gasteiger partial charge is 0.497 e. The molecule has 0 aromatic heterocycles. The summed E-state index contributed by atoms with van der Waals surface area (Å²) >= 11 is 0. The molecule has 1 N–H and O–H groups in total. The van der Waals surface area contributed by atoms with Crippen LogP contribution in [0.15, 0.2) is 57.8 Å². The van der Waals surface area contributed by atoms with E-state index in [9.17, 15) is 8.76 Å². The molecule has 0 amide bonds. The van der Waals surface area contributed by atoms with Crippen molar-refractivity contribution in [3.63, 3.8) is 0 Å². The van der Waals surface area contributed by atoms with Crippen molar-refractivity contribution in [2.24, 2.45) is 22.1 Å². The SMILES string of the molecule is COc1ccc(S(=O)(O)=Nc2ccc(C34CC5CC(CC(C5)C3)C4)cc2)cc1. The van der Waals surface area contributed by atoms with Crippen molar-refractivity contribution in [3.05, 3.63) is 54.1 Å². The summed E-state index contributed by atoms with van der Waals surface area (Å²) < 4.78 is 32.4. The second kappa shape index (κ2) is 6.60. The van der Waals surface area contributed by atoms with Gasteiger partial charge < -0.3 is 4.74 Å². The van der Waals surface area contributed by atoms with Crippen LogP contribution in [0.4, 0.5) is 5.69 Å². The van der Waals surface area contributed by atoms with Crippen LogP contribution in [-0.2, 0) is 15.4 Å². The van der Waals surface area contributed by atoms with Crippen LogP contribution < -0.4 is 4.74 Å². The highest BCUT2D eigenvalue weighted by molar-refractivity contribution is 7.88. The molecule has 4 aliphatic carbocycles. The molecule has 0 radical (unpaired) electrons. The average Bonchev–Trinajstić information content (AvgIpc) is 2.67. The molecule has 2 aromatic rings. The van der Waals surface area contributed by atoms with Crippen molar-refractivity contribution in [2.45, 2.75) is 48.8 Å². The van der Waals surface area contributed by atoms with E-state index in [2.05, 4.69) is 16.5 Å². The number of hydrogen-bond donors (Lipinski definition) is 1. The summed E-state index contributed by atoms with van der Waals surface area (Å²) in [4.78, 5) is 0.290. The highest BCUT2D eigenvalue weighted by atomic mass is 32.2. The van der Waals surface area contributed by atoms with Crippen molar-refractivity contribution in [3.8, 4) is 5.75 Å². The van der Waals surface area contributed by atoms with E-state index in [1.54, 1.807) is 31.4 Å². The lowest BCUT2D eigenvalue weighted by molar-refractivity contribution is -0.00518. The van der Waals surface area contributed by atoms with E-state index in [1.807, 2.05) is 12.1 Å². The van der Waals surface area contributed by atoms with Crippen LogP contribution in [-0.4, -0.2) is 15.9 Å². The molecule has 6 rings (SSSR count). The van der Waals surface area contributed by atoms with Crippen molar-refractivity contribution < 1.29 is 13.5 Å². The highest BCUT2D eigenvalue weighted by Gasteiger charge is 2.51. The fraction of sp³-hybridized carbons (Fsp3) is 0.478. The maximum absolute atomic E-state index is 12.7. The molecule has 4 nitrogen and oxygen atoms in total. The van der Waals surface area contributed by atoms with Crippen molar-refractivity contribution in [1.82, 2.24) is 0 Å². The first kappa shape index (κ1) is 18.2. The molecule has 5 heteroatoms. The third kappa shape index (κ3) is 3.15. The number of benzene rings is 2. The molecule has 4 aliphatic rings. The second-order valence-electron chi connectivity index (χ2n) is 9.01. The first-order valence-electron chi connectivity index (χ1n) is 10.2. The van der Waals surface area contributed by atoms with E-state index >= 15 is 0 Å². The van der Waals surface area contributed by atoms with Gasteiger partial charge in [0, 0.05) is 0 Å². The van der Waals surface area contributed by atoms with Gasteiger partial charge >= 0.3 is 0 Å². The molecule has 0 heterocycles. The zero-order valence-corrected chi connectivity index (χ0v) is 17.0. The monoisotopic (exact) mass is 397 g/mol. The maximum atomic E-state index is 12.7. The molecule has 1 unspecified atom stereocenters. The van der Waals surface area contributed by atoms with Gasteiger partial charge in [-0.05, 0) is 104 Å². The third-order valence-corrected chi connectivity index (χ3v) is 8.46. The van der Waals surface area contributed by atoms with Crippen LogP contribution >= 0.6 is 0 Å². The molecule has 4 saturated carbocycles. The smallest absolute Gasteiger partial charge is 0.195 e. The Morgan fingerprint density at radius 2 is 1.46 bits per heavy atom. The van der Waals surface area contributed by atoms with E-state index in [1.165, 1.54) is 44.1 Å². The van der Waals surface area contributed by atoms with Crippen LogP contribution in [0.3, 0.4) is 0 Å². The highest BCUT2D eigenvalue weighted by Crippen LogP contribution is 2.60. The zero-order chi connectivity index (χ0) is 19.4. The summed E-state index contributed by atoms with van der Waals surface area (Å²) in [7, 11) is -1.91. The minimum Gasteiger partial charge on any atom is -0.497 e. The number of methoxy groups -OCH3 is 1. The Kier molecular flexibility index (Phi) is 4.29. The van der Waals surface area contributed by atoms with E-state index in [0.29, 0.717) is 21.7 Å². The first-order chi connectivity index (χ1) is 13.5. The molecule has 4 fully saturated rings. The van der Waals surface area contributed by atoms with Gasteiger partial charge in [-0.1, -0.05) is 12.1 Å². The van der Waals surface area contributed by atoms with Gasteiger partial charge in [-0.25, -0.2) is 4.21 Å². The van der Waals surface area contributed by atoms with Crippen molar-refractivity contribution in [2.75, 3.05) is 7.11 Å². The number of ether oxygens (including phenoxy) is 1. The molecule has 0 saturated heterocycles. The van der Waals surface area contributed by atoms with Crippen molar-refractivity contribution in [1.29, 1.82) is 0 Å². The molecule has 0 aliphatic heterocycles. The van der Waals surface area contributed by atoms with Crippen molar-refractivity contribution >= 4 is 15.7 Å². The summed E-state index contributed by atoms with van der Waals surface area (Å²) in [5.74, 6) is 3.37. The quantitative estimate of drug-likeness (QED) is 0.710. The van der Waals surface area contributed by atoms with E-state index < -0.39 is 10.0 Å². The topological polar surface area (TPSA) is 58.9 Å². The number of rotatable bonds is 4. The lowest BCUT2D eigenvalue weighted by Crippen LogP contribution is -2.48. The van der Waals surface area contributed by atoms with Gasteiger partial charge in [-0.15, -0.1) is 0 Å². The van der Waals surface area contributed by atoms with Gasteiger partial charge in [-0.3, -0.25) is 4.55 Å². The first-order valence-corrected chi connectivity index (χ1v) is 11.7. The second-order valence-corrected chi connectivity index (χ2v) is 10.7. The third-order valence-electron chi connectivity index (χ3n) is 7.11. The average molecular weight is 398 g/mol. The number of hydrogen-bond acceptors (Lipinski definition) is 3. The zero-order valence-electron chi connectivity index (χ0n) is 16.2. The summed E-state index contributed by atoms with van der Waals surface area (Å²) in [6.45, 7) is 0. The predicted molar refractivity (Wildman–Crippen MR) is 110 cm³/mol. The molecule has 28 heavy (non-hydrogen) atoms. The minimum atomic E-state index is -3.48. The molecular weight excluding hydrogens is 370 g/mol. The Bertz CT molecular complexity index is 952. The Morgan fingerprint density at radius 1 is 0.929 bits per heavy atom. The molecule has 4 bridgehead atoms. The Labute approximate surface area is 167 Å². The molecule has 0 spiro atoms. The predicted octanol–water partition coefficient (Wildman–Crippen LogP) is 5.79. The van der Waals surface area contributed by atoms with Gasteiger partial charge in [0.15, 0.2) is 10.0 Å². The maximum Gasteiger partial charge on any atom is 0.195 e. The van der Waals surface area contributed by atoms with E-state index in [4.69, 9.17) is 4.74 Å². The normalized spacial score (nSPS) is 32.7. The van der Waals surface area contributed by atoms with Crippen LogP contribution in [0, 0.1) is 17.8 Å². The van der Waals surface area contributed by atoms with Crippen LogP contribution in [0.25, 0.3) is 0 Å². The van der Waals surface area contributed by atoms with Crippen LogP contribution in [0.1, 0.15) is 44.1 Å². The Morgan fingerprint density at radius 3 is 1.96 bits per heavy atom. The fourth-order valence-corrected chi connectivity index (χ4v) is 7.29. The van der Waals surface area contributed by atoms with Gasteiger partial charge in [0.2, 0.25) is 0 Å². The Hall–Kier alpha value is -1.85. The Balaban J connectivity index is 1.42. The van der Waals surface area contributed by atoms with Gasteiger partial charge in [-0.2, -0.15) is 4.36 Å². The van der Waals surface area contributed by atoms with Crippen LogP contribution in [0.5, 0.6) is 5.75 Å². The molecule has 148 valence electrons. The lowest BCUT2D eigenvalue weighted by Gasteiger charge is -2.57. The minimum absolute atomic E-state index is 0.290. The van der Waals surface area contributed by atoms with Gasteiger partial charge in [0.25, 0.3) is 0 Å². The van der Waals surface area contributed by atoms with E-state index in [0.717, 1.165) is 17.8 Å². The number of nitrogens with zero attached hydrogens (tertiary/aromatic N) is 1. The summed E-state index contributed by atoms with van der Waals surface area (Å²) in [5, 5.41) is 0. The summed E-state index contributed by atoms with van der Waals surface area (Å²) in [6, 6.07) is 14.7. The van der Waals surface area contributed by atoms with Gasteiger partial charge in [0.1, 0.15) is 5.75 Å². The molecule has 2 aromatic carbocycles. The fourth-order valence-electron chi connectivity index (χ4n) is 6.29. The molecular formula is C23H27NO3S. The standard InChI is InChI=1S/C23H27NO3S/c1-27-21-6-8-22(9-7-21)28(25,26)24-20-4-2-19(3-5-20)23-13-16-10-17(14-23)12-18(11-16)15-23/h2-9,16-18H,10-15H2,1H3,(H,24,25,26).